The summed E-state index contributed by atoms with van der Waals surface area (Å²) in [4.78, 5) is 32.2. The second kappa shape index (κ2) is 8.26. The van der Waals surface area contributed by atoms with Crippen LogP contribution in [-0.4, -0.2) is 62.8 Å². The Hall–Kier alpha value is -3.01. The first-order valence-corrected chi connectivity index (χ1v) is 11.6. The maximum absolute atomic E-state index is 13.5. The fourth-order valence-corrected chi connectivity index (χ4v) is 4.50. The largest absolute Gasteiger partial charge is 0.364 e. The lowest BCUT2D eigenvalue weighted by Gasteiger charge is -2.36. The van der Waals surface area contributed by atoms with Crippen LogP contribution in [0.5, 0.6) is 0 Å². The van der Waals surface area contributed by atoms with Gasteiger partial charge >= 0.3 is 0 Å². The van der Waals surface area contributed by atoms with Crippen molar-refractivity contribution in [2.45, 2.75) is 11.8 Å². The molecule has 9 heteroatoms. The van der Waals surface area contributed by atoms with Gasteiger partial charge in [0.05, 0.1) is 16.2 Å². The molecule has 4 rings (SSSR count). The highest BCUT2D eigenvalue weighted by atomic mass is 32.2. The second-order valence-electron chi connectivity index (χ2n) is 7.50. The summed E-state index contributed by atoms with van der Waals surface area (Å²) >= 11 is 0. The normalized spacial score (nSPS) is 18.3. The summed E-state index contributed by atoms with van der Waals surface area (Å²) in [6.07, 6.45) is 0. The average molecular weight is 441 g/mol. The van der Waals surface area contributed by atoms with Gasteiger partial charge in [0.25, 0.3) is 11.8 Å². The zero-order valence-electron chi connectivity index (χ0n) is 17.2. The summed E-state index contributed by atoms with van der Waals surface area (Å²) in [5.41, 5.74) is 1.74. The molecule has 1 fully saturated rings. The Morgan fingerprint density at radius 2 is 1.48 bits per heavy atom. The van der Waals surface area contributed by atoms with Crippen LogP contribution in [0.1, 0.15) is 12.5 Å². The van der Waals surface area contributed by atoms with Gasteiger partial charge in [0, 0.05) is 26.2 Å². The van der Waals surface area contributed by atoms with Crippen molar-refractivity contribution in [1.82, 2.24) is 9.80 Å². The van der Waals surface area contributed by atoms with Gasteiger partial charge in [0.1, 0.15) is 5.70 Å². The third-order valence-electron chi connectivity index (χ3n) is 5.68. The minimum Gasteiger partial charge on any atom is -0.364 e. The van der Waals surface area contributed by atoms with Crippen LogP contribution < -0.4 is 10.0 Å². The molecule has 0 aromatic heterocycles. The molecular formula is C22H24N4O4S. The smallest absolute Gasteiger partial charge is 0.282 e. The van der Waals surface area contributed by atoms with Crippen molar-refractivity contribution in [3.05, 3.63) is 65.9 Å². The quantitative estimate of drug-likeness (QED) is 0.702. The fraction of sp³-hybridized carbons (Fsp3) is 0.273. The molecule has 2 aliphatic heterocycles. The Bertz CT molecular complexity index is 1140. The van der Waals surface area contributed by atoms with Crippen LogP contribution in [0.25, 0.3) is 5.57 Å². The molecule has 0 aliphatic carbocycles. The highest BCUT2D eigenvalue weighted by Crippen LogP contribution is 2.35. The van der Waals surface area contributed by atoms with Crippen LogP contribution in [0.2, 0.25) is 0 Å². The van der Waals surface area contributed by atoms with E-state index >= 15 is 0 Å². The first kappa shape index (κ1) is 21.2. The average Bonchev–Trinajstić information content (AvgIpc) is 3.04. The maximum atomic E-state index is 13.5. The van der Waals surface area contributed by atoms with E-state index in [-0.39, 0.29) is 4.90 Å². The highest BCUT2D eigenvalue weighted by molar-refractivity contribution is 7.89. The molecule has 0 radical (unpaired) electrons. The van der Waals surface area contributed by atoms with Gasteiger partial charge in [-0.25, -0.2) is 18.5 Å². The topological polar surface area (TPSA) is 104 Å². The summed E-state index contributed by atoms with van der Waals surface area (Å²) in [5, 5.41) is 5.16. The SMILES string of the molecule is CCN1CCN(C2=C(c3ccccc3)C(=O)N(c3ccc(S(N)(=O)=O)cc3)C2=O)CC1. The van der Waals surface area contributed by atoms with Gasteiger partial charge in [-0.1, -0.05) is 37.3 Å². The number of hydrogen-bond donors (Lipinski definition) is 1. The monoisotopic (exact) mass is 440 g/mol. The van der Waals surface area contributed by atoms with Crippen molar-refractivity contribution >= 4 is 33.1 Å². The van der Waals surface area contributed by atoms with Gasteiger partial charge in [-0.15, -0.1) is 0 Å². The van der Waals surface area contributed by atoms with Gasteiger partial charge in [-0.05, 0) is 36.4 Å². The molecule has 1 saturated heterocycles. The lowest BCUT2D eigenvalue weighted by Crippen LogP contribution is -2.47. The standard InChI is InChI=1S/C22H24N4O4S/c1-2-24-12-14-25(15-13-24)20-19(16-6-4-3-5-7-16)21(27)26(22(20)28)17-8-10-18(11-9-17)31(23,29)30/h3-11H,2,12-15H2,1H3,(H2,23,29,30). The predicted octanol–water partition coefficient (Wildman–Crippen LogP) is 1.26. The molecule has 2 heterocycles. The van der Waals surface area contributed by atoms with Crippen LogP contribution in [0.4, 0.5) is 5.69 Å². The number of benzene rings is 2. The molecule has 2 aromatic rings. The lowest BCUT2D eigenvalue weighted by molar-refractivity contribution is -0.120. The molecule has 0 atom stereocenters. The molecular weight excluding hydrogens is 416 g/mol. The number of hydrogen-bond acceptors (Lipinski definition) is 6. The minimum absolute atomic E-state index is 0.0810. The molecule has 2 N–H and O–H groups in total. The summed E-state index contributed by atoms with van der Waals surface area (Å²) in [6.45, 7) is 5.96. The van der Waals surface area contributed by atoms with E-state index in [1.807, 2.05) is 35.2 Å². The number of carbonyl (C=O) groups excluding carboxylic acids is 2. The van der Waals surface area contributed by atoms with Crippen molar-refractivity contribution in [2.24, 2.45) is 5.14 Å². The molecule has 0 bridgehead atoms. The number of likely N-dealkylation sites (N-methyl/N-ethyl adjacent to an activating group) is 1. The molecule has 2 amide bonds. The van der Waals surface area contributed by atoms with E-state index in [1.165, 1.54) is 24.3 Å². The fourth-order valence-electron chi connectivity index (χ4n) is 3.98. The van der Waals surface area contributed by atoms with E-state index in [0.29, 0.717) is 35.6 Å². The predicted molar refractivity (Wildman–Crippen MR) is 117 cm³/mol. The second-order valence-corrected chi connectivity index (χ2v) is 9.06. The summed E-state index contributed by atoms with van der Waals surface area (Å²) in [7, 11) is -3.87. The van der Waals surface area contributed by atoms with Crippen molar-refractivity contribution in [2.75, 3.05) is 37.6 Å². The van der Waals surface area contributed by atoms with E-state index < -0.39 is 21.8 Å². The third-order valence-corrected chi connectivity index (χ3v) is 6.61. The van der Waals surface area contributed by atoms with Gasteiger partial charge in [-0.3, -0.25) is 9.59 Å². The number of nitrogens with zero attached hydrogens (tertiary/aromatic N) is 3. The van der Waals surface area contributed by atoms with Crippen molar-refractivity contribution in [3.63, 3.8) is 0 Å². The summed E-state index contributed by atoms with van der Waals surface area (Å²) in [5.74, 6) is -0.829. The number of imide groups is 1. The molecule has 2 aromatic carbocycles. The van der Waals surface area contributed by atoms with Crippen LogP contribution in [-0.2, 0) is 19.6 Å². The first-order chi connectivity index (χ1) is 14.8. The summed E-state index contributed by atoms with van der Waals surface area (Å²) in [6, 6.07) is 14.6. The molecule has 0 saturated carbocycles. The van der Waals surface area contributed by atoms with Crippen LogP contribution >= 0.6 is 0 Å². The number of rotatable bonds is 5. The lowest BCUT2D eigenvalue weighted by atomic mass is 10.0. The Labute approximate surface area is 181 Å². The Morgan fingerprint density at radius 3 is 2.03 bits per heavy atom. The van der Waals surface area contributed by atoms with E-state index in [9.17, 15) is 18.0 Å². The first-order valence-electron chi connectivity index (χ1n) is 10.1. The number of amides is 2. The minimum atomic E-state index is -3.87. The van der Waals surface area contributed by atoms with Gasteiger partial charge < -0.3 is 9.80 Å². The molecule has 8 nitrogen and oxygen atoms in total. The van der Waals surface area contributed by atoms with Crippen molar-refractivity contribution < 1.29 is 18.0 Å². The number of piperazine rings is 1. The highest BCUT2D eigenvalue weighted by Gasteiger charge is 2.43. The van der Waals surface area contributed by atoms with Gasteiger partial charge in [0.15, 0.2) is 0 Å². The number of nitrogens with two attached hydrogens (primary N) is 1. The third kappa shape index (κ3) is 3.99. The number of anilines is 1. The van der Waals surface area contributed by atoms with Crippen LogP contribution in [0.15, 0.2) is 65.2 Å². The van der Waals surface area contributed by atoms with Crippen molar-refractivity contribution in [1.29, 1.82) is 0 Å². The summed E-state index contributed by atoms with van der Waals surface area (Å²) < 4.78 is 23.1. The van der Waals surface area contributed by atoms with Gasteiger partial charge in [0.2, 0.25) is 10.0 Å². The molecule has 0 spiro atoms. The maximum Gasteiger partial charge on any atom is 0.282 e. The molecule has 0 unspecified atom stereocenters. The van der Waals surface area contributed by atoms with Gasteiger partial charge in [-0.2, -0.15) is 0 Å². The number of sulfonamides is 1. The molecule has 2 aliphatic rings. The Morgan fingerprint density at radius 1 is 0.871 bits per heavy atom. The zero-order chi connectivity index (χ0) is 22.2. The molecule has 31 heavy (non-hydrogen) atoms. The van der Waals surface area contributed by atoms with Crippen molar-refractivity contribution in [3.8, 4) is 0 Å². The van der Waals surface area contributed by atoms with E-state index in [4.69, 9.17) is 5.14 Å². The van der Waals surface area contributed by atoms with E-state index in [2.05, 4.69) is 11.8 Å². The molecule has 162 valence electrons. The van der Waals surface area contributed by atoms with Crippen LogP contribution in [0.3, 0.4) is 0 Å². The Kier molecular flexibility index (Phi) is 5.65. The number of primary sulfonamides is 1. The Balaban J connectivity index is 1.74. The van der Waals surface area contributed by atoms with Crippen LogP contribution in [0, 0.1) is 0 Å². The van der Waals surface area contributed by atoms with E-state index in [1.54, 1.807) is 0 Å². The number of carbonyl (C=O) groups is 2. The van der Waals surface area contributed by atoms with E-state index in [0.717, 1.165) is 24.5 Å². The zero-order valence-corrected chi connectivity index (χ0v) is 18.0.